The zero-order valence-electron chi connectivity index (χ0n) is 12.5. The summed E-state index contributed by atoms with van der Waals surface area (Å²) in [6, 6.07) is 7.93. The summed E-state index contributed by atoms with van der Waals surface area (Å²) in [4.78, 5) is 12.0. The van der Waals surface area contributed by atoms with Crippen LogP contribution in [0.2, 0.25) is 0 Å². The maximum atomic E-state index is 12.0. The van der Waals surface area contributed by atoms with E-state index in [1.54, 1.807) is 7.11 Å². The van der Waals surface area contributed by atoms with E-state index in [1.165, 1.54) is 5.57 Å². The molecule has 3 heteroatoms. The molecule has 0 heterocycles. The van der Waals surface area contributed by atoms with Crippen LogP contribution in [0.25, 0.3) is 6.08 Å². The Bertz CT molecular complexity index is 576. The molecule has 2 aliphatic carbocycles. The van der Waals surface area contributed by atoms with E-state index in [1.807, 2.05) is 24.3 Å². The molecule has 0 aromatic heterocycles. The Morgan fingerprint density at radius 3 is 2.81 bits per heavy atom. The van der Waals surface area contributed by atoms with Crippen molar-refractivity contribution in [3.8, 4) is 5.75 Å². The standard InChI is InChI=1S/C18H22O3/c1-21-15-7-2-5-13(12-15)11-14-6-3-9-18(14)10-4-8-16(19)17(18)20/h2,5,7,11-12,17,20H,3-4,6,8-10H2,1H3/b14-11+/t17-,18+/m0/s1. The van der Waals surface area contributed by atoms with Crippen molar-refractivity contribution in [3.05, 3.63) is 35.4 Å². The van der Waals surface area contributed by atoms with Gasteiger partial charge in [0.25, 0.3) is 0 Å². The Balaban J connectivity index is 1.96. The quantitative estimate of drug-likeness (QED) is 0.906. The van der Waals surface area contributed by atoms with Crippen molar-refractivity contribution in [2.75, 3.05) is 7.11 Å². The molecule has 0 radical (unpaired) electrons. The summed E-state index contributed by atoms with van der Waals surface area (Å²) in [7, 11) is 1.66. The molecule has 1 aromatic carbocycles. The number of ketones is 1. The zero-order valence-corrected chi connectivity index (χ0v) is 12.5. The molecule has 2 fully saturated rings. The summed E-state index contributed by atoms with van der Waals surface area (Å²) in [5.74, 6) is 0.844. The van der Waals surface area contributed by atoms with Gasteiger partial charge in [-0.15, -0.1) is 0 Å². The van der Waals surface area contributed by atoms with Crippen LogP contribution in [0, 0.1) is 5.41 Å². The number of Topliss-reactive ketones (excluding diaryl/α,β-unsaturated/α-hetero) is 1. The number of hydrogen-bond acceptors (Lipinski definition) is 3. The Kier molecular flexibility index (Phi) is 3.85. The summed E-state index contributed by atoms with van der Waals surface area (Å²) >= 11 is 0. The van der Waals surface area contributed by atoms with Gasteiger partial charge in [-0.3, -0.25) is 4.79 Å². The first-order chi connectivity index (χ1) is 10.2. The van der Waals surface area contributed by atoms with Crippen LogP contribution in [0.1, 0.15) is 44.1 Å². The van der Waals surface area contributed by atoms with Crippen LogP contribution in [0.4, 0.5) is 0 Å². The Morgan fingerprint density at radius 1 is 1.29 bits per heavy atom. The number of hydrogen-bond donors (Lipinski definition) is 1. The number of methoxy groups -OCH3 is 1. The number of ether oxygens (including phenoxy) is 1. The number of carbonyl (C=O) groups is 1. The molecule has 3 nitrogen and oxygen atoms in total. The van der Waals surface area contributed by atoms with Crippen LogP contribution in [-0.2, 0) is 4.79 Å². The average molecular weight is 286 g/mol. The van der Waals surface area contributed by atoms with Gasteiger partial charge in [-0.1, -0.05) is 23.8 Å². The third kappa shape index (κ3) is 2.51. The van der Waals surface area contributed by atoms with Gasteiger partial charge in [0.05, 0.1) is 7.11 Å². The minimum atomic E-state index is -0.814. The number of aliphatic hydroxyl groups is 1. The highest BCUT2D eigenvalue weighted by Crippen LogP contribution is 2.52. The molecule has 1 spiro atoms. The lowest BCUT2D eigenvalue weighted by atomic mass is 9.67. The number of aliphatic hydroxyl groups excluding tert-OH is 1. The molecule has 112 valence electrons. The minimum absolute atomic E-state index is 0.0136. The highest BCUT2D eigenvalue weighted by atomic mass is 16.5. The lowest BCUT2D eigenvalue weighted by molar-refractivity contribution is -0.136. The van der Waals surface area contributed by atoms with E-state index in [0.717, 1.165) is 43.4 Å². The van der Waals surface area contributed by atoms with Crippen molar-refractivity contribution in [2.45, 2.75) is 44.6 Å². The van der Waals surface area contributed by atoms with E-state index >= 15 is 0 Å². The molecule has 2 atom stereocenters. The van der Waals surface area contributed by atoms with E-state index in [-0.39, 0.29) is 11.2 Å². The van der Waals surface area contributed by atoms with Gasteiger partial charge in [-0.05, 0) is 49.8 Å². The molecule has 2 saturated carbocycles. The minimum Gasteiger partial charge on any atom is -0.497 e. The summed E-state index contributed by atoms with van der Waals surface area (Å²) in [5.41, 5.74) is 2.01. The molecule has 0 amide bonds. The third-order valence-corrected chi connectivity index (χ3v) is 5.02. The van der Waals surface area contributed by atoms with Crippen molar-refractivity contribution in [1.29, 1.82) is 0 Å². The first kappa shape index (κ1) is 14.3. The Hall–Kier alpha value is -1.61. The normalized spacial score (nSPS) is 31.0. The summed E-state index contributed by atoms with van der Waals surface area (Å²) in [6.07, 6.45) is 6.64. The van der Waals surface area contributed by atoms with E-state index in [0.29, 0.717) is 6.42 Å². The predicted octanol–water partition coefficient (Wildman–Crippen LogP) is 3.36. The van der Waals surface area contributed by atoms with Crippen molar-refractivity contribution >= 4 is 11.9 Å². The highest BCUT2D eigenvalue weighted by molar-refractivity contribution is 5.85. The van der Waals surface area contributed by atoms with E-state index < -0.39 is 6.10 Å². The van der Waals surface area contributed by atoms with Crippen molar-refractivity contribution in [1.82, 2.24) is 0 Å². The second-order valence-corrected chi connectivity index (χ2v) is 6.18. The lowest BCUT2D eigenvalue weighted by Crippen LogP contribution is -2.43. The van der Waals surface area contributed by atoms with Gasteiger partial charge in [0.15, 0.2) is 5.78 Å². The summed E-state index contributed by atoms with van der Waals surface area (Å²) in [5, 5.41) is 10.5. The first-order valence-electron chi connectivity index (χ1n) is 7.71. The molecular weight excluding hydrogens is 264 g/mol. The first-order valence-corrected chi connectivity index (χ1v) is 7.71. The second-order valence-electron chi connectivity index (χ2n) is 6.18. The van der Waals surface area contributed by atoms with Gasteiger partial charge in [-0.25, -0.2) is 0 Å². The largest absolute Gasteiger partial charge is 0.497 e. The van der Waals surface area contributed by atoms with E-state index in [4.69, 9.17) is 4.74 Å². The Labute approximate surface area is 125 Å². The number of benzene rings is 1. The molecule has 1 aromatic rings. The molecule has 0 saturated heterocycles. The van der Waals surface area contributed by atoms with Crippen LogP contribution in [0.15, 0.2) is 29.8 Å². The topological polar surface area (TPSA) is 46.5 Å². The van der Waals surface area contributed by atoms with Crippen LogP contribution in [-0.4, -0.2) is 24.1 Å². The summed E-state index contributed by atoms with van der Waals surface area (Å²) < 4.78 is 5.26. The maximum absolute atomic E-state index is 12.0. The van der Waals surface area contributed by atoms with Crippen LogP contribution < -0.4 is 4.74 Å². The van der Waals surface area contributed by atoms with Gasteiger partial charge in [0, 0.05) is 11.8 Å². The van der Waals surface area contributed by atoms with Crippen LogP contribution >= 0.6 is 0 Å². The third-order valence-electron chi connectivity index (χ3n) is 5.02. The molecule has 2 aliphatic rings. The SMILES string of the molecule is COc1cccc(/C=C2\CCC[C@@]23CCCC(=O)[C@@H]3O)c1. The van der Waals surface area contributed by atoms with Crippen LogP contribution in [0.3, 0.4) is 0 Å². The number of carbonyl (C=O) groups excluding carboxylic acids is 1. The van der Waals surface area contributed by atoms with Crippen molar-refractivity contribution in [3.63, 3.8) is 0 Å². The maximum Gasteiger partial charge on any atom is 0.162 e. The van der Waals surface area contributed by atoms with Gasteiger partial charge in [0.2, 0.25) is 0 Å². The fourth-order valence-electron chi connectivity index (χ4n) is 3.91. The van der Waals surface area contributed by atoms with E-state index in [9.17, 15) is 9.90 Å². The van der Waals surface area contributed by atoms with Gasteiger partial charge in [0.1, 0.15) is 11.9 Å². The molecule has 3 rings (SSSR count). The molecule has 0 unspecified atom stereocenters. The van der Waals surface area contributed by atoms with Crippen molar-refractivity contribution < 1.29 is 14.6 Å². The second kappa shape index (κ2) is 5.64. The monoisotopic (exact) mass is 286 g/mol. The molecular formula is C18H22O3. The van der Waals surface area contributed by atoms with Crippen LogP contribution in [0.5, 0.6) is 5.75 Å². The molecule has 0 aliphatic heterocycles. The van der Waals surface area contributed by atoms with Gasteiger partial charge in [-0.2, -0.15) is 0 Å². The van der Waals surface area contributed by atoms with E-state index in [2.05, 4.69) is 6.08 Å². The zero-order chi connectivity index (χ0) is 14.9. The highest BCUT2D eigenvalue weighted by Gasteiger charge is 2.48. The smallest absolute Gasteiger partial charge is 0.162 e. The predicted molar refractivity (Wildman–Crippen MR) is 82.1 cm³/mol. The molecule has 21 heavy (non-hydrogen) atoms. The molecule has 1 N–H and O–H groups in total. The summed E-state index contributed by atoms with van der Waals surface area (Å²) in [6.45, 7) is 0. The average Bonchev–Trinajstić information content (AvgIpc) is 2.88. The van der Waals surface area contributed by atoms with Gasteiger partial charge < -0.3 is 9.84 Å². The lowest BCUT2D eigenvalue weighted by Gasteiger charge is -2.38. The fourth-order valence-corrected chi connectivity index (χ4v) is 3.91. The molecule has 0 bridgehead atoms. The van der Waals surface area contributed by atoms with Gasteiger partial charge >= 0.3 is 0 Å². The fraction of sp³-hybridized carbons (Fsp3) is 0.500. The Morgan fingerprint density at radius 2 is 2.05 bits per heavy atom. The number of rotatable bonds is 2. The van der Waals surface area contributed by atoms with Crippen molar-refractivity contribution in [2.24, 2.45) is 5.41 Å².